The fourth-order valence-corrected chi connectivity index (χ4v) is 1.45. The third-order valence-electron chi connectivity index (χ3n) is 2.05. The molecule has 0 aliphatic rings. The molecule has 1 aromatic heterocycles. The quantitative estimate of drug-likeness (QED) is 0.659. The van der Waals surface area contributed by atoms with Crippen LogP contribution in [0.4, 0.5) is 13.6 Å². The van der Waals surface area contributed by atoms with E-state index in [-0.39, 0.29) is 0 Å². The maximum absolute atomic E-state index is 13.0. The van der Waals surface area contributed by atoms with Crippen molar-refractivity contribution in [3.63, 3.8) is 0 Å². The second-order valence-electron chi connectivity index (χ2n) is 5.11. The van der Waals surface area contributed by atoms with Crippen LogP contribution in [0.15, 0.2) is 12.1 Å². The average Bonchev–Trinajstić information content (AvgIpc) is 2.24. The highest BCUT2D eigenvalue weighted by Crippen LogP contribution is 2.32. The van der Waals surface area contributed by atoms with Gasteiger partial charge in [-0.3, -0.25) is 4.79 Å². The van der Waals surface area contributed by atoms with Gasteiger partial charge in [-0.05, 0) is 44.5 Å². The van der Waals surface area contributed by atoms with E-state index in [2.05, 4.69) is 15.0 Å². The van der Waals surface area contributed by atoms with Gasteiger partial charge >= 0.3 is 11.5 Å². The molecule has 0 radical (unpaired) electrons. The monoisotopic (exact) mass is 322 g/mol. The van der Waals surface area contributed by atoms with Crippen LogP contribution >= 0.6 is 11.6 Å². The number of alkyl halides is 3. The number of pyridine rings is 1. The van der Waals surface area contributed by atoms with Gasteiger partial charge < -0.3 is 15.2 Å². The largest absolute Gasteiger partial charge is 0.511 e. The van der Waals surface area contributed by atoms with Crippen molar-refractivity contribution in [2.75, 3.05) is 0 Å². The third-order valence-corrected chi connectivity index (χ3v) is 2.24. The SMILES string of the molecule is CC(C)(C)NC(=O)c1nc(C(F)(F)Cl)ccc1OC(=O)O. The molecule has 6 nitrogen and oxygen atoms in total. The van der Waals surface area contributed by atoms with Gasteiger partial charge in [0.15, 0.2) is 11.4 Å². The van der Waals surface area contributed by atoms with Crippen LogP contribution in [-0.2, 0) is 5.38 Å². The molecule has 1 amide bonds. The predicted octanol–water partition coefficient (Wildman–Crippen LogP) is 2.95. The van der Waals surface area contributed by atoms with E-state index in [1.165, 1.54) is 0 Å². The summed E-state index contributed by atoms with van der Waals surface area (Å²) in [7, 11) is 0. The Hall–Kier alpha value is -1.96. The summed E-state index contributed by atoms with van der Waals surface area (Å²) < 4.78 is 30.4. The summed E-state index contributed by atoms with van der Waals surface area (Å²) in [6.45, 7) is 4.97. The third kappa shape index (κ3) is 5.14. The lowest BCUT2D eigenvalue weighted by Gasteiger charge is -2.21. The highest BCUT2D eigenvalue weighted by atomic mass is 35.5. The average molecular weight is 323 g/mol. The number of carbonyl (C=O) groups is 2. The molecular weight excluding hydrogens is 310 g/mol. The van der Waals surface area contributed by atoms with Crippen molar-refractivity contribution in [1.82, 2.24) is 10.3 Å². The van der Waals surface area contributed by atoms with Gasteiger partial charge in [0.25, 0.3) is 5.91 Å². The molecule has 0 unspecified atom stereocenters. The van der Waals surface area contributed by atoms with E-state index >= 15 is 0 Å². The summed E-state index contributed by atoms with van der Waals surface area (Å²) in [6, 6.07) is 1.67. The zero-order chi connectivity index (χ0) is 16.4. The Morgan fingerprint density at radius 3 is 2.33 bits per heavy atom. The van der Waals surface area contributed by atoms with E-state index in [1.54, 1.807) is 20.8 Å². The number of carbonyl (C=O) groups excluding carboxylic acids is 1. The van der Waals surface area contributed by atoms with Crippen molar-refractivity contribution in [3.8, 4) is 5.75 Å². The van der Waals surface area contributed by atoms with Crippen LogP contribution in [-0.4, -0.2) is 27.7 Å². The number of aromatic nitrogens is 1. The Bertz CT molecular complexity index is 567. The van der Waals surface area contributed by atoms with Gasteiger partial charge in [0.05, 0.1) is 0 Å². The van der Waals surface area contributed by atoms with Crippen LogP contribution < -0.4 is 10.1 Å². The summed E-state index contributed by atoms with van der Waals surface area (Å²) >= 11 is 4.84. The lowest BCUT2D eigenvalue weighted by atomic mass is 10.1. The van der Waals surface area contributed by atoms with Crippen molar-refractivity contribution in [2.24, 2.45) is 0 Å². The first-order valence-corrected chi connectivity index (χ1v) is 6.09. The maximum Gasteiger partial charge on any atom is 0.511 e. The van der Waals surface area contributed by atoms with E-state index in [9.17, 15) is 18.4 Å². The molecule has 1 heterocycles. The Labute approximate surface area is 124 Å². The standard InChI is InChI=1S/C12H13ClF2N2O4/c1-11(2,3)17-9(18)8-6(21-10(19)20)4-5-7(16-8)12(13,14)15/h4-5H,1-3H3,(H,17,18)(H,19,20). The zero-order valence-electron chi connectivity index (χ0n) is 11.4. The van der Waals surface area contributed by atoms with E-state index in [0.717, 1.165) is 12.1 Å². The van der Waals surface area contributed by atoms with Crippen molar-refractivity contribution in [1.29, 1.82) is 0 Å². The Balaban J connectivity index is 3.28. The van der Waals surface area contributed by atoms with Crippen LogP contribution in [0.5, 0.6) is 5.75 Å². The van der Waals surface area contributed by atoms with Gasteiger partial charge in [-0.1, -0.05) is 0 Å². The number of halogens is 3. The van der Waals surface area contributed by atoms with Crippen LogP contribution in [0, 0.1) is 0 Å². The number of hydrogen-bond donors (Lipinski definition) is 2. The van der Waals surface area contributed by atoms with Crippen molar-refractivity contribution < 1.29 is 28.2 Å². The van der Waals surface area contributed by atoms with Crippen LogP contribution in [0.25, 0.3) is 0 Å². The minimum atomic E-state index is -3.79. The topological polar surface area (TPSA) is 88.5 Å². The number of rotatable bonds is 3. The van der Waals surface area contributed by atoms with Gasteiger partial charge in [0.1, 0.15) is 5.69 Å². The molecule has 1 rings (SSSR count). The highest BCUT2D eigenvalue weighted by molar-refractivity contribution is 6.21. The molecule has 9 heteroatoms. The molecule has 0 aliphatic heterocycles. The van der Waals surface area contributed by atoms with Gasteiger partial charge in [0.2, 0.25) is 0 Å². The molecule has 0 aliphatic carbocycles. The van der Waals surface area contributed by atoms with Crippen LogP contribution in [0.2, 0.25) is 0 Å². The number of ether oxygens (including phenoxy) is 1. The Morgan fingerprint density at radius 2 is 1.90 bits per heavy atom. The van der Waals surface area contributed by atoms with E-state index in [1.807, 2.05) is 0 Å². The molecule has 116 valence electrons. The highest BCUT2D eigenvalue weighted by Gasteiger charge is 2.32. The molecular formula is C12H13ClF2N2O4. The summed E-state index contributed by atoms with van der Waals surface area (Å²) in [4.78, 5) is 26.0. The van der Waals surface area contributed by atoms with E-state index in [4.69, 9.17) is 16.7 Å². The van der Waals surface area contributed by atoms with Gasteiger partial charge in [-0.25, -0.2) is 9.78 Å². The first kappa shape index (κ1) is 17.1. The molecule has 0 aromatic carbocycles. The fourth-order valence-electron chi connectivity index (χ4n) is 1.34. The Kier molecular flexibility index (Phi) is 4.72. The number of carboxylic acid groups (broad SMARTS) is 1. The van der Waals surface area contributed by atoms with E-state index < -0.39 is 40.1 Å². The Morgan fingerprint density at radius 1 is 1.33 bits per heavy atom. The smallest absolute Gasteiger partial charge is 0.449 e. The number of nitrogens with one attached hydrogen (secondary N) is 1. The molecule has 0 spiro atoms. The molecule has 1 aromatic rings. The molecule has 0 saturated carbocycles. The predicted molar refractivity (Wildman–Crippen MR) is 69.9 cm³/mol. The molecule has 0 fully saturated rings. The number of nitrogens with zero attached hydrogens (tertiary/aromatic N) is 1. The van der Waals surface area contributed by atoms with Crippen molar-refractivity contribution in [2.45, 2.75) is 31.7 Å². The minimum Gasteiger partial charge on any atom is -0.449 e. The maximum atomic E-state index is 13.0. The summed E-state index contributed by atoms with van der Waals surface area (Å²) in [5.41, 5.74) is -2.16. The first-order valence-electron chi connectivity index (χ1n) is 5.71. The van der Waals surface area contributed by atoms with Crippen molar-refractivity contribution >= 4 is 23.7 Å². The number of hydrogen-bond acceptors (Lipinski definition) is 4. The fraction of sp³-hybridized carbons (Fsp3) is 0.417. The van der Waals surface area contributed by atoms with E-state index in [0.29, 0.717) is 0 Å². The molecule has 0 atom stereocenters. The van der Waals surface area contributed by atoms with Gasteiger partial charge in [0, 0.05) is 5.54 Å². The lowest BCUT2D eigenvalue weighted by Crippen LogP contribution is -2.41. The summed E-state index contributed by atoms with van der Waals surface area (Å²) in [5, 5.41) is 7.25. The summed E-state index contributed by atoms with van der Waals surface area (Å²) in [5.74, 6) is -1.32. The summed E-state index contributed by atoms with van der Waals surface area (Å²) in [6.07, 6.45) is -1.70. The van der Waals surface area contributed by atoms with Gasteiger partial charge in [-0.15, -0.1) is 0 Å². The lowest BCUT2D eigenvalue weighted by molar-refractivity contribution is 0.0868. The first-order chi connectivity index (χ1) is 9.40. The van der Waals surface area contributed by atoms with Crippen molar-refractivity contribution in [3.05, 3.63) is 23.5 Å². The van der Waals surface area contributed by atoms with Gasteiger partial charge in [-0.2, -0.15) is 8.78 Å². The molecule has 0 saturated heterocycles. The second kappa shape index (κ2) is 5.80. The second-order valence-corrected chi connectivity index (χ2v) is 5.59. The molecule has 21 heavy (non-hydrogen) atoms. The molecule has 0 bridgehead atoms. The normalized spacial score (nSPS) is 11.9. The molecule has 2 N–H and O–H groups in total. The zero-order valence-corrected chi connectivity index (χ0v) is 12.2. The van der Waals surface area contributed by atoms with Crippen LogP contribution in [0.3, 0.4) is 0 Å². The minimum absolute atomic E-state index is 0.464. The number of amides is 1. The van der Waals surface area contributed by atoms with Crippen LogP contribution in [0.1, 0.15) is 37.0 Å².